The molecule has 0 bridgehead atoms. The Morgan fingerprint density at radius 1 is 0.842 bits per heavy atom. The predicted molar refractivity (Wildman–Crippen MR) is 70.5 cm³/mol. The maximum Gasteiger partial charge on any atom is 0.323 e. The van der Waals surface area contributed by atoms with E-state index in [2.05, 4.69) is 10.6 Å². The summed E-state index contributed by atoms with van der Waals surface area (Å²) in [6, 6.07) is 9.14. The molecule has 0 aliphatic rings. The smallest absolute Gasteiger partial charge is 0.323 e. The molecule has 0 atom stereocenters. The van der Waals surface area contributed by atoms with Crippen LogP contribution in [-0.2, 0) is 0 Å². The molecular formula is C13H12N2O4. The maximum absolute atomic E-state index is 11.7. The minimum absolute atomic E-state index is 0.0715. The zero-order valence-corrected chi connectivity index (χ0v) is 9.79. The number of aromatic hydroxyl groups is 3. The Morgan fingerprint density at radius 3 is 2.16 bits per heavy atom. The summed E-state index contributed by atoms with van der Waals surface area (Å²) in [6.45, 7) is 0. The van der Waals surface area contributed by atoms with E-state index in [9.17, 15) is 15.0 Å². The van der Waals surface area contributed by atoms with Gasteiger partial charge in [0, 0.05) is 11.8 Å². The van der Waals surface area contributed by atoms with E-state index in [0.717, 1.165) is 0 Å². The minimum Gasteiger partial charge on any atom is -0.508 e. The molecule has 5 N–H and O–H groups in total. The molecule has 0 radical (unpaired) electrons. The molecule has 2 amide bonds. The highest BCUT2D eigenvalue weighted by atomic mass is 16.3. The van der Waals surface area contributed by atoms with Gasteiger partial charge in [0.1, 0.15) is 17.2 Å². The van der Waals surface area contributed by atoms with E-state index < -0.39 is 6.03 Å². The van der Waals surface area contributed by atoms with Crippen molar-refractivity contribution < 1.29 is 20.1 Å². The van der Waals surface area contributed by atoms with Crippen LogP contribution in [0.3, 0.4) is 0 Å². The van der Waals surface area contributed by atoms with Crippen molar-refractivity contribution in [2.75, 3.05) is 10.6 Å². The Labute approximate surface area is 108 Å². The molecule has 2 aromatic rings. The van der Waals surface area contributed by atoms with Gasteiger partial charge in [0.25, 0.3) is 0 Å². The van der Waals surface area contributed by atoms with Crippen molar-refractivity contribution in [2.45, 2.75) is 0 Å². The number of urea groups is 1. The second-order valence-electron chi connectivity index (χ2n) is 3.83. The summed E-state index contributed by atoms with van der Waals surface area (Å²) in [5.74, 6) is -0.132. The molecule has 0 fully saturated rings. The highest BCUT2D eigenvalue weighted by Gasteiger charge is 2.07. The SMILES string of the molecule is O=C(Nc1ccc(O)cc1)Nc1cc(O)ccc1O. The summed E-state index contributed by atoms with van der Waals surface area (Å²) >= 11 is 0. The number of phenolic OH excluding ortho intramolecular Hbond substituents is 3. The van der Waals surface area contributed by atoms with Crippen LogP contribution >= 0.6 is 0 Å². The van der Waals surface area contributed by atoms with Gasteiger partial charge in [-0.05, 0) is 36.4 Å². The number of rotatable bonds is 2. The largest absolute Gasteiger partial charge is 0.508 e. The lowest BCUT2D eigenvalue weighted by atomic mass is 10.2. The maximum atomic E-state index is 11.7. The molecule has 6 nitrogen and oxygen atoms in total. The third-order valence-electron chi connectivity index (χ3n) is 2.35. The number of carbonyl (C=O) groups is 1. The number of anilines is 2. The fourth-order valence-corrected chi connectivity index (χ4v) is 1.45. The Morgan fingerprint density at radius 2 is 1.47 bits per heavy atom. The van der Waals surface area contributed by atoms with Crippen molar-refractivity contribution in [3.05, 3.63) is 42.5 Å². The number of phenols is 3. The number of amides is 2. The summed E-state index contributed by atoms with van der Waals surface area (Å²) < 4.78 is 0. The first-order chi connectivity index (χ1) is 9.04. The second kappa shape index (κ2) is 5.18. The van der Waals surface area contributed by atoms with Crippen molar-refractivity contribution in [2.24, 2.45) is 0 Å². The minimum atomic E-state index is -0.577. The van der Waals surface area contributed by atoms with Crippen LogP contribution in [0.25, 0.3) is 0 Å². The van der Waals surface area contributed by atoms with Crippen molar-refractivity contribution in [3.63, 3.8) is 0 Å². The first kappa shape index (κ1) is 12.6. The molecule has 6 heteroatoms. The standard InChI is InChI=1S/C13H12N2O4/c16-9-3-1-8(2-4-9)14-13(19)15-11-7-10(17)5-6-12(11)18/h1-7,16-18H,(H2,14,15,19). The van der Waals surface area contributed by atoms with Gasteiger partial charge in [-0.15, -0.1) is 0 Å². The second-order valence-corrected chi connectivity index (χ2v) is 3.83. The Hall–Kier alpha value is -2.89. The van der Waals surface area contributed by atoms with Gasteiger partial charge in [-0.25, -0.2) is 4.79 Å². The molecule has 0 spiro atoms. The average Bonchev–Trinajstić information content (AvgIpc) is 2.37. The van der Waals surface area contributed by atoms with E-state index in [1.54, 1.807) is 0 Å². The molecule has 2 aromatic carbocycles. The van der Waals surface area contributed by atoms with Crippen LogP contribution < -0.4 is 10.6 Å². The van der Waals surface area contributed by atoms with Gasteiger partial charge in [-0.1, -0.05) is 0 Å². The Balaban J connectivity index is 2.05. The van der Waals surface area contributed by atoms with Crippen LogP contribution in [0.1, 0.15) is 0 Å². The molecule has 98 valence electrons. The van der Waals surface area contributed by atoms with Gasteiger partial charge < -0.3 is 26.0 Å². The predicted octanol–water partition coefficient (Wildman–Crippen LogP) is 2.45. The lowest BCUT2D eigenvalue weighted by Crippen LogP contribution is -2.19. The van der Waals surface area contributed by atoms with Crippen LogP contribution in [0.4, 0.5) is 16.2 Å². The highest BCUT2D eigenvalue weighted by Crippen LogP contribution is 2.27. The quantitative estimate of drug-likeness (QED) is 0.422. The zero-order chi connectivity index (χ0) is 13.8. The van der Waals surface area contributed by atoms with Crippen LogP contribution in [0.2, 0.25) is 0 Å². The summed E-state index contributed by atoms with van der Waals surface area (Å²) in [7, 11) is 0. The summed E-state index contributed by atoms with van der Waals surface area (Å²) in [6.07, 6.45) is 0. The average molecular weight is 260 g/mol. The van der Waals surface area contributed by atoms with Gasteiger partial charge in [-0.3, -0.25) is 0 Å². The topological polar surface area (TPSA) is 102 Å². The van der Waals surface area contributed by atoms with E-state index in [1.807, 2.05) is 0 Å². The monoisotopic (exact) mass is 260 g/mol. The van der Waals surface area contributed by atoms with Gasteiger partial charge in [-0.2, -0.15) is 0 Å². The zero-order valence-electron chi connectivity index (χ0n) is 9.79. The number of carbonyl (C=O) groups excluding carboxylic acids is 1. The van der Waals surface area contributed by atoms with E-state index >= 15 is 0 Å². The molecule has 0 unspecified atom stereocenters. The van der Waals surface area contributed by atoms with Crippen LogP contribution in [0.5, 0.6) is 17.2 Å². The molecule has 0 aliphatic carbocycles. The third-order valence-corrected chi connectivity index (χ3v) is 2.35. The van der Waals surface area contributed by atoms with Gasteiger partial charge in [0.2, 0.25) is 0 Å². The fraction of sp³-hybridized carbons (Fsp3) is 0. The molecular weight excluding hydrogens is 248 g/mol. The first-order valence-corrected chi connectivity index (χ1v) is 5.43. The lowest BCUT2D eigenvalue weighted by Gasteiger charge is -2.09. The first-order valence-electron chi connectivity index (χ1n) is 5.43. The number of benzene rings is 2. The molecule has 0 heterocycles. The van der Waals surface area contributed by atoms with Gasteiger partial charge in [0.15, 0.2) is 0 Å². The molecule has 0 saturated carbocycles. The van der Waals surface area contributed by atoms with Crippen LogP contribution in [-0.4, -0.2) is 21.4 Å². The van der Waals surface area contributed by atoms with Gasteiger partial charge >= 0.3 is 6.03 Å². The summed E-state index contributed by atoms with van der Waals surface area (Å²) in [4.78, 5) is 11.7. The van der Waals surface area contributed by atoms with Gasteiger partial charge in [0.05, 0.1) is 5.69 Å². The summed E-state index contributed by atoms with van der Waals surface area (Å²) in [5, 5.41) is 32.8. The molecule has 19 heavy (non-hydrogen) atoms. The van der Waals surface area contributed by atoms with E-state index in [4.69, 9.17) is 5.11 Å². The molecule has 2 rings (SSSR count). The number of hydrogen-bond acceptors (Lipinski definition) is 4. The van der Waals surface area contributed by atoms with E-state index in [0.29, 0.717) is 5.69 Å². The van der Waals surface area contributed by atoms with Crippen molar-refractivity contribution in [1.29, 1.82) is 0 Å². The van der Waals surface area contributed by atoms with Crippen LogP contribution in [0, 0.1) is 0 Å². The van der Waals surface area contributed by atoms with E-state index in [-0.39, 0.29) is 22.9 Å². The normalized spacial score (nSPS) is 9.89. The Bertz CT molecular complexity index is 596. The van der Waals surface area contributed by atoms with Crippen LogP contribution in [0.15, 0.2) is 42.5 Å². The molecule has 0 saturated heterocycles. The van der Waals surface area contributed by atoms with Crippen molar-refractivity contribution in [3.8, 4) is 17.2 Å². The summed E-state index contributed by atoms with van der Waals surface area (Å²) in [5.41, 5.74) is 0.575. The number of hydrogen-bond donors (Lipinski definition) is 5. The lowest BCUT2D eigenvalue weighted by molar-refractivity contribution is 0.262. The molecule has 0 aromatic heterocycles. The highest BCUT2D eigenvalue weighted by molar-refractivity contribution is 6.00. The van der Waals surface area contributed by atoms with Crippen molar-refractivity contribution in [1.82, 2.24) is 0 Å². The van der Waals surface area contributed by atoms with Crippen molar-refractivity contribution >= 4 is 17.4 Å². The molecule has 0 aliphatic heterocycles. The third kappa shape index (κ3) is 3.29. The van der Waals surface area contributed by atoms with E-state index in [1.165, 1.54) is 42.5 Å². The fourth-order valence-electron chi connectivity index (χ4n) is 1.45. The Kier molecular flexibility index (Phi) is 3.42. The number of nitrogens with one attached hydrogen (secondary N) is 2.